The lowest BCUT2D eigenvalue weighted by atomic mass is 10.2. The Morgan fingerprint density at radius 2 is 1.14 bits per heavy atom. The molecule has 2 aromatic carbocycles. The summed E-state index contributed by atoms with van der Waals surface area (Å²) in [5.74, 6) is -0.511. The Morgan fingerprint density at radius 3 is 1.50 bits per heavy atom. The first-order valence-electron chi connectivity index (χ1n) is 7.01. The van der Waals surface area contributed by atoms with Crippen LogP contribution in [0.25, 0.3) is 0 Å². The predicted molar refractivity (Wildman–Crippen MR) is 83.6 cm³/mol. The van der Waals surface area contributed by atoms with Crippen LogP contribution < -0.4 is 10.6 Å². The molecule has 2 amide bonds. The highest BCUT2D eigenvalue weighted by atomic mass is 16.3. The zero-order chi connectivity index (χ0) is 15.8. The van der Waals surface area contributed by atoms with E-state index in [2.05, 4.69) is 10.6 Å². The molecule has 0 saturated carbocycles. The van der Waals surface area contributed by atoms with Gasteiger partial charge >= 0.3 is 0 Å². The van der Waals surface area contributed by atoms with Crippen LogP contribution in [-0.2, 0) is 0 Å². The highest BCUT2D eigenvalue weighted by Crippen LogP contribution is 1.99. The Morgan fingerprint density at radius 1 is 0.773 bits per heavy atom. The number of carbonyl (C=O) groups is 2. The zero-order valence-corrected chi connectivity index (χ0v) is 12.0. The number of amides is 2. The van der Waals surface area contributed by atoms with Crippen LogP contribution in [0.5, 0.6) is 0 Å². The lowest BCUT2D eigenvalue weighted by molar-refractivity contribution is 0.0885. The van der Waals surface area contributed by atoms with Crippen molar-refractivity contribution in [1.82, 2.24) is 10.6 Å². The molecule has 0 aliphatic heterocycles. The van der Waals surface area contributed by atoms with Crippen LogP contribution in [0, 0.1) is 0 Å². The minimum Gasteiger partial charge on any atom is -0.389 e. The van der Waals surface area contributed by atoms with Crippen molar-refractivity contribution in [2.75, 3.05) is 13.1 Å². The van der Waals surface area contributed by atoms with E-state index in [4.69, 9.17) is 0 Å². The molecule has 22 heavy (non-hydrogen) atoms. The third-order valence-corrected chi connectivity index (χ3v) is 3.07. The van der Waals surface area contributed by atoms with Crippen LogP contribution in [0.15, 0.2) is 60.7 Å². The van der Waals surface area contributed by atoms with Gasteiger partial charge in [0.1, 0.15) is 0 Å². The third-order valence-electron chi connectivity index (χ3n) is 3.07. The molecule has 0 fully saturated rings. The van der Waals surface area contributed by atoms with Crippen molar-refractivity contribution in [3.63, 3.8) is 0 Å². The first kappa shape index (κ1) is 15.7. The van der Waals surface area contributed by atoms with Gasteiger partial charge in [0.2, 0.25) is 0 Å². The van der Waals surface area contributed by atoms with Crippen molar-refractivity contribution in [3.8, 4) is 0 Å². The average Bonchev–Trinajstić information content (AvgIpc) is 2.59. The molecule has 5 nitrogen and oxygen atoms in total. The normalized spacial score (nSPS) is 10.3. The molecule has 3 N–H and O–H groups in total. The number of aliphatic hydroxyl groups excluding tert-OH is 1. The first-order chi connectivity index (χ1) is 10.7. The van der Waals surface area contributed by atoms with Gasteiger partial charge in [0.05, 0.1) is 6.10 Å². The van der Waals surface area contributed by atoms with E-state index in [0.717, 1.165) is 0 Å². The second-order valence-electron chi connectivity index (χ2n) is 4.81. The van der Waals surface area contributed by atoms with E-state index < -0.39 is 6.10 Å². The number of benzene rings is 2. The molecule has 0 spiro atoms. The number of nitrogens with one attached hydrogen (secondary N) is 2. The van der Waals surface area contributed by atoms with Crippen LogP contribution >= 0.6 is 0 Å². The number of hydrogen-bond acceptors (Lipinski definition) is 3. The molecule has 2 rings (SSSR count). The minimum absolute atomic E-state index is 0.0722. The summed E-state index contributed by atoms with van der Waals surface area (Å²) in [6.45, 7) is 0.144. The molecule has 0 aliphatic rings. The molecule has 0 aromatic heterocycles. The van der Waals surface area contributed by atoms with Crippen LogP contribution in [-0.4, -0.2) is 36.1 Å². The summed E-state index contributed by atoms with van der Waals surface area (Å²) < 4.78 is 0. The monoisotopic (exact) mass is 298 g/mol. The van der Waals surface area contributed by atoms with E-state index in [1.165, 1.54) is 0 Å². The molecule has 0 atom stereocenters. The second-order valence-corrected chi connectivity index (χ2v) is 4.81. The van der Waals surface area contributed by atoms with E-state index in [0.29, 0.717) is 11.1 Å². The summed E-state index contributed by atoms with van der Waals surface area (Å²) >= 11 is 0. The molecule has 0 heterocycles. The van der Waals surface area contributed by atoms with E-state index in [1.807, 2.05) is 12.1 Å². The molecular weight excluding hydrogens is 280 g/mol. The van der Waals surface area contributed by atoms with Crippen molar-refractivity contribution in [2.24, 2.45) is 0 Å². The molecule has 2 aromatic rings. The molecule has 5 heteroatoms. The zero-order valence-electron chi connectivity index (χ0n) is 12.0. The minimum atomic E-state index is -0.847. The first-order valence-corrected chi connectivity index (χ1v) is 7.01. The molecule has 114 valence electrons. The van der Waals surface area contributed by atoms with Crippen LogP contribution in [0.1, 0.15) is 20.7 Å². The standard InChI is InChI=1S/C17H18N2O3/c20-15(11-18-16(21)13-7-3-1-4-8-13)12-19-17(22)14-9-5-2-6-10-14/h1-10,15,20H,11-12H2,(H,18,21)(H,19,22). The van der Waals surface area contributed by atoms with Gasteiger partial charge in [-0.2, -0.15) is 0 Å². The van der Waals surface area contributed by atoms with Gasteiger partial charge in [-0.1, -0.05) is 36.4 Å². The predicted octanol–water partition coefficient (Wildman–Crippen LogP) is 1.21. The van der Waals surface area contributed by atoms with Crippen molar-refractivity contribution in [3.05, 3.63) is 71.8 Å². The maximum atomic E-state index is 11.8. The van der Waals surface area contributed by atoms with Gasteiger partial charge in [-0.25, -0.2) is 0 Å². The molecular formula is C17H18N2O3. The van der Waals surface area contributed by atoms with Crippen LogP contribution in [0.4, 0.5) is 0 Å². The van der Waals surface area contributed by atoms with Crippen molar-refractivity contribution >= 4 is 11.8 Å². The summed E-state index contributed by atoms with van der Waals surface area (Å²) in [6.07, 6.45) is -0.847. The van der Waals surface area contributed by atoms with E-state index >= 15 is 0 Å². The summed E-state index contributed by atoms with van der Waals surface area (Å²) in [7, 11) is 0. The van der Waals surface area contributed by atoms with Gasteiger partial charge in [0.25, 0.3) is 11.8 Å². The average molecular weight is 298 g/mol. The van der Waals surface area contributed by atoms with Crippen LogP contribution in [0.2, 0.25) is 0 Å². The Kier molecular flexibility index (Phi) is 5.68. The maximum absolute atomic E-state index is 11.8. The lowest BCUT2D eigenvalue weighted by Crippen LogP contribution is -2.40. The summed E-state index contributed by atoms with van der Waals surface area (Å²) in [6, 6.07) is 17.5. The van der Waals surface area contributed by atoms with E-state index in [-0.39, 0.29) is 24.9 Å². The Balaban J connectivity index is 1.73. The highest BCUT2D eigenvalue weighted by Gasteiger charge is 2.10. The fourth-order valence-corrected chi connectivity index (χ4v) is 1.88. The van der Waals surface area contributed by atoms with E-state index in [9.17, 15) is 14.7 Å². The SMILES string of the molecule is O=C(NCC(O)CNC(=O)c1ccccc1)c1ccccc1. The Labute approximate surface area is 129 Å². The summed E-state index contributed by atoms with van der Waals surface area (Å²) in [5.41, 5.74) is 1.06. The van der Waals surface area contributed by atoms with E-state index in [1.54, 1.807) is 48.5 Å². The smallest absolute Gasteiger partial charge is 0.251 e. The maximum Gasteiger partial charge on any atom is 0.251 e. The quantitative estimate of drug-likeness (QED) is 0.750. The fraction of sp³-hybridized carbons (Fsp3) is 0.176. The largest absolute Gasteiger partial charge is 0.389 e. The van der Waals surface area contributed by atoms with Crippen molar-refractivity contribution < 1.29 is 14.7 Å². The van der Waals surface area contributed by atoms with Gasteiger partial charge in [0, 0.05) is 24.2 Å². The Hall–Kier alpha value is -2.66. The third kappa shape index (κ3) is 4.71. The van der Waals surface area contributed by atoms with Gasteiger partial charge in [0.15, 0.2) is 0 Å². The van der Waals surface area contributed by atoms with Gasteiger partial charge in [-0.15, -0.1) is 0 Å². The molecule has 0 radical (unpaired) electrons. The highest BCUT2D eigenvalue weighted by molar-refractivity contribution is 5.94. The fourth-order valence-electron chi connectivity index (χ4n) is 1.88. The van der Waals surface area contributed by atoms with Gasteiger partial charge in [-0.3, -0.25) is 9.59 Å². The Bertz CT molecular complexity index is 559. The number of rotatable bonds is 6. The summed E-state index contributed by atoms with van der Waals surface area (Å²) in [4.78, 5) is 23.6. The van der Waals surface area contributed by atoms with Gasteiger partial charge in [-0.05, 0) is 24.3 Å². The second kappa shape index (κ2) is 7.95. The van der Waals surface area contributed by atoms with Crippen LogP contribution in [0.3, 0.4) is 0 Å². The molecule has 0 aliphatic carbocycles. The number of hydrogen-bond donors (Lipinski definition) is 3. The molecule has 0 saturated heterocycles. The molecule has 0 bridgehead atoms. The van der Waals surface area contributed by atoms with Gasteiger partial charge < -0.3 is 15.7 Å². The summed E-state index contributed by atoms with van der Waals surface area (Å²) in [5, 5.41) is 15.1. The number of carbonyl (C=O) groups excluding carboxylic acids is 2. The topological polar surface area (TPSA) is 78.4 Å². The lowest BCUT2D eigenvalue weighted by Gasteiger charge is -2.13. The molecule has 0 unspecified atom stereocenters. The van der Waals surface area contributed by atoms with Crippen molar-refractivity contribution in [2.45, 2.75) is 6.10 Å². The number of aliphatic hydroxyl groups is 1. The van der Waals surface area contributed by atoms with Crippen molar-refractivity contribution in [1.29, 1.82) is 0 Å².